The van der Waals surface area contributed by atoms with Crippen LogP contribution in [0.5, 0.6) is 0 Å². The lowest BCUT2D eigenvalue weighted by atomic mass is 10.2. The third kappa shape index (κ3) is 2.51. The smallest absolute Gasteiger partial charge is 0.278 e. The highest BCUT2D eigenvalue weighted by Gasteiger charge is 2.33. The van der Waals surface area contributed by atoms with Crippen LogP contribution in [0.4, 0.5) is 17.6 Å². The van der Waals surface area contributed by atoms with Crippen molar-refractivity contribution in [2.24, 2.45) is 0 Å². The second-order valence-corrected chi connectivity index (χ2v) is 5.60. The number of H-pyrrole nitrogens is 1. The highest BCUT2D eigenvalue weighted by molar-refractivity contribution is 5.82. The van der Waals surface area contributed by atoms with Crippen LogP contribution in [0.15, 0.2) is 36.5 Å². The lowest BCUT2D eigenvalue weighted by molar-refractivity contribution is -0.141. The minimum absolute atomic E-state index is 0.00957. The van der Waals surface area contributed by atoms with Gasteiger partial charge in [-0.3, -0.25) is 9.67 Å². The minimum atomic E-state index is -4.60. The van der Waals surface area contributed by atoms with E-state index in [1.54, 1.807) is 24.4 Å². The van der Waals surface area contributed by atoms with Gasteiger partial charge in [0.2, 0.25) is 0 Å². The molecule has 4 rings (SSSR count). The molecule has 128 valence electrons. The van der Waals surface area contributed by atoms with E-state index in [-0.39, 0.29) is 17.0 Å². The van der Waals surface area contributed by atoms with Crippen molar-refractivity contribution in [1.82, 2.24) is 24.7 Å². The molecular weight excluding hydrogens is 338 g/mol. The maximum Gasteiger partial charge on any atom is 0.433 e. The Labute approximate surface area is 138 Å². The molecule has 0 saturated heterocycles. The molecule has 4 aromatic rings. The number of alkyl halides is 4. The summed E-state index contributed by atoms with van der Waals surface area (Å²) < 4.78 is 54.4. The Morgan fingerprint density at radius 1 is 1.12 bits per heavy atom. The van der Waals surface area contributed by atoms with E-state index >= 15 is 0 Å². The van der Waals surface area contributed by atoms with E-state index in [2.05, 4.69) is 20.2 Å². The molecule has 0 aliphatic rings. The second-order valence-electron chi connectivity index (χ2n) is 5.60. The molecule has 0 spiro atoms. The van der Waals surface area contributed by atoms with Gasteiger partial charge < -0.3 is 0 Å². The van der Waals surface area contributed by atoms with Crippen molar-refractivity contribution < 1.29 is 17.6 Å². The molecule has 1 aromatic carbocycles. The molecular formula is C16H11F4N5. The van der Waals surface area contributed by atoms with E-state index in [1.165, 1.54) is 17.6 Å². The Bertz CT molecular complexity index is 1080. The molecule has 0 unspecified atom stereocenters. The number of aromatic nitrogens is 5. The van der Waals surface area contributed by atoms with Crippen LogP contribution >= 0.6 is 0 Å². The molecule has 0 saturated carbocycles. The standard InChI is InChI=1S/C16H11F4N5/c1-8(17)14-22-12-4-5-13(16(18,19)20)23-15(12)25(14)10-2-3-11-9(6-10)7-21-24-11/h2-8H,1H3,(H,21,24)/t8-/m1/s1. The van der Waals surface area contributed by atoms with Gasteiger partial charge in [0, 0.05) is 11.1 Å². The number of rotatable bonds is 2. The molecule has 3 heterocycles. The van der Waals surface area contributed by atoms with E-state index in [9.17, 15) is 17.6 Å². The van der Waals surface area contributed by atoms with Crippen LogP contribution in [-0.2, 0) is 6.18 Å². The summed E-state index contributed by atoms with van der Waals surface area (Å²) in [4.78, 5) is 7.79. The third-order valence-electron chi connectivity index (χ3n) is 3.86. The molecule has 9 heteroatoms. The Kier molecular flexibility index (Phi) is 3.28. The number of hydrogen-bond donors (Lipinski definition) is 1. The molecule has 25 heavy (non-hydrogen) atoms. The SMILES string of the molecule is C[C@@H](F)c1nc2ccc(C(F)(F)F)nc2n1-c1ccc2[nH]ncc2c1. The monoisotopic (exact) mass is 349 g/mol. The van der Waals surface area contributed by atoms with E-state index in [0.717, 1.165) is 17.0 Å². The second kappa shape index (κ2) is 5.27. The summed E-state index contributed by atoms with van der Waals surface area (Å²) in [7, 11) is 0. The van der Waals surface area contributed by atoms with Crippen LogP contribution in [0.25, 0.3) is 27.8 Å². The number of aromatic amines is 1. The fourth-order valence-electron chi connectivity index (χ4n) is 2.72. The lowest BCUT2D eigenvalue weighted by Gasteiger charge is -2.11. The first-order chi connectivity index (χ1) is 11.8. The highest BCUT2D eigenvalue weighted by Crippen LogP contribution is 2.32. The van der Waals surface area contributed by atoms with Gasteiger partial charge in [-0.2, -0.15) is 18.3 Å². The van der Waals surface area contributed by atoms with Crippen molar-refractivity contribution in [1.29, 1.82) is 0 Å². The number of fused-ring (bicyclic) bond motifs is 2. The maximum absolute atomic E-state index is 14.1. The summed E-state index contributed by atoms with van der Waals surface area (Å²) in [6, 6.07) is 7.09. The van der Waals surface area contributed by atoms with E-state index in [0.29, 0.717) is 5.69 Å². The highest BCUT2D eigenvalue weighted by atomic mass is 19.4. The van der Waals surface area contributed by atoms with Crippen molar-refractivity contribution >= 4 is 22.1 Å². The zero-order valence-corrected chi connectivity index (χ0v) is 12.8. The predicted octanol–water partition coefficient (Wildman–Crippen LogP) is 4.35. The first-order valence-electron chi connectivity index (χ1n) is 7.39. The van der Waals surface area contributed by atoms with Gasteiger partial charge in [0.15, 0.2) is 11.8 Å². The van der Waals surface area contributed by atoms with E-state index < -0.39 is 18.0 Å². The van der Waals surface area contributed by atoms with Crippen molar-refractivity contribution in [2.45, 2.75) is 19.3 Å². The van der Waals surface area contributed by atoms with Crippen LogP contribution in [0.1, 0.15) is 24.6 Å². The minimum Gasteiger partial charge on any atom is -0.278 e. The zero-order chi connectivity index (χ0) is 17.8. The van der Waals surface area contributed by atoms with Crippen molar-refractivity contribution in [3.63, 3.8) is 0 Å². The Hall–Kier alpha value is -2.97. The summed E-state index contributed by atoms with van der Waals surface area (Å²) in [6.45, 7) is 1.28. The van der Waals surface area contributed by atoms with Gasteiger partial charge in [-0.25, -0.2) is 14.4 Å². The van der Waals surface area contributed by atoms with Crippen LogP contribution in [0.3, 0.4) is 0 Å². The normalized spacial score (nSPS) is 13.6. The van der Waals surface area contributed by atoms with Crippen molar-refractivity contribution in [3.8, 4) is 5.69 Å². The van der Waals surface area contributed by atoms with Gasteiger partial charge in [-0.15, -0.1) is 0 Å². The number of hydrogen-bond acceptors (Lipinski definition) is 3. The largest absolute Gasteiger partial charge is 0.433 e. The first kappa shape index (κ1) is 15.6. The number of pyridine rings is 1. The van der Waals surface area contributed by atoms with Crippen LogP contribution in [0, 0.1) is 0 Å². The van der Waals surface area contributed by atoms with Gasteiger partial charge in [0.1, 0.15) is 17.0 Å². The quantitative estimate of drug-likeness (QED) is 0.548. The van der Waals surface area contributed by atoms with Gasteiger partial charge in [0.25, 0.3) is 0 Å². The average Bonchev–Trinajstić information content (AvgIpc) is 3.16. The molecule has 0 aliphatic heterocycles. The fraction of sp³-hybridized carbons (Fsp3) is 0.188. The molecule has 1 N–H and O–H groups in total. The number of benzene rings is 1. The summed E-state index contributed by atoms with van der Waals surface area (Å²) in [5.41, 5.74) is 0.315. The zero-order valence-electron chi connectivity index (χ0n) is 12.8. The molecule has 0 aliphatic carbocycles. The van der Waals surface area contributed by atoms with Crippen molar-refractivity contribution in [3.05, 3.63) is 48.0 Å². The Morgan fingerprint density at radius 3 is 2.64 bits per heavy atom. The Balaban J connectivity index is 2.03. The van der Waals surface area contributed by atoms with E-state index in [4.69, 9.17) is 0 Å². The van der Waals surface area contributed by atoms with E-state index in [1.807, 2.05) is 0 Å². The van der Waals surface area contributed by atoms with Gasteiger partial charge in [-0.05, 0) is 37.3 Å². The van der Waals surface area contributed by atoms with Gasteiger partial charge in [-0.1, -0.05) is 0 Å². The van der Waals surface area contributed by atoms with Crippen LogP contribution in [0.2, 0.25) is 0 Å². The predicted molar refractivity (Wildman–Crippen MR) is 83.0 cm³/mol. The topological polar surface area (TPSA) is 59.4 Å². The van der Waals surface area contributed by atoms with Gasteiger partial charge in [0.05, 0.1) is 11.7 Å². The molecule has 1 atom stereocenters. The number of nitrogens with zero attached hydrogens (tertiary/aromatic N) is 4. The molecule has 5 nitrogen and oxygen atoms in total. The number of nitrogens with one attached hydrogen (secondary N) is 1. The molecule has 0 radical (unpaired) electrons. The summed E-state index contributed by atoms with van der Waals surface area (Å²) >= 11 is 0. The molecule has 3 aromatic heterocycles. The number of imidazole rings is 1. The first-order valence-corrected chi connectivity index (χ1v) is 7.39. The number of halogens is 4. The Morgan fingerprint density at radius 2 is 1.92 bits per heavy atom. The molecule has 0 fully saturated rings. The third-order valence-corrected chi connectivity index (χ3v) is 3.86. The van der Waals surface area contributed by atoms with Crippen LogP contribution in [-0.4, -0.2) is 24.7 Å². The van der Waals surface area contributed by atoms with Gasteiger partial charge >= 0.3 is 6.18 Å². The summed E-state index contributed by atoms with van der Waals surface area (Å²) in [5.74, 6) is -0.00957. The lowest BCUT2D eigenvalue weighted by Crippen LogP contribution is -2.09. The summed E-state index contributed by atoms with van der Waals surface area (Å²) in [5, 5.41) is 7.42. The average molecular weight is 349 g/mol. The van der Waals surface area contributed by atoms with Crippen LogP contribution < -0.4 is 0 Å². The molecule has 0 amide bonds. The van der Waals surface area contributed by atoms with Crippen molar-refractivity contribution in [2.75, 3.05) is 0 Å². The maximum atomic E-state index is 14.1. The summed E-state index contributed by atoms with van der Waals surface area (Å²) in [6.07, 6.45) is -4.51. The fourth-order valence-corrected chi connectivity index (χ4v) is 2.72. The molecule has 0 bridgehead atoms.